The molecule has 0 saturated heterocycles. The zero-order valence-electron chi connectivity index (χ0n) is 19.5. The molecule has 180 valence electrons. The number of nitrogen functional groups attached to an aromatic ring is 2. The van der Waals surface area contributed by atoms with Gasteiger partial charge in [0.25, 0.3) is 0 Å². The summed E-state index contributed by atoms with van der Waals surface area (Å²) in [4.78, 5) is 14.6. The zero-order chi connectivity index (χ0) is 24.6. The van der Waals surface area contributed by atoms with Gasteiger partial charge in [-0.3, -0.25) is 4.79 Å². The molecule has 1 aromatic heterocycles. The number of para-hydroxylation sites is 1. The molecule has 0 saturated carbocycles. The first-order valence-electron chi connectivity index (χ1n) is 11.4. The fourth-order valence-corrected chi connectivity index (χ4v) is 3.47. The Morgan fingerprint density at radius 3 is 2.38 bits per heavy atom. The molecule has 0 fully saturated rings. The molecule has 1 atom stereocenters. The maximum Gasteiger partial charge on any atom is 0.207 e. The SMILES string of the molecule is C=CCCC[C@H](CNC=O)Cc1c(CN)ccnc1N.Nc1ccc(Oc2ccccc2)cc1. The first kappa shape index (κ1) is 26.4. The number of benzene rings is 2. The van der Waals surface area contributed by atoms with Crippen LogP contribution in [0.1, 0.15) is 30.4 Å². The third-order valence-electron chi connectivity index (χ3n) is 5.27. The second kappa shape index (κ2) is 15.1. The number of aromatic nitrogens is 1. The highest BCUT2D eigenvalue weighted by atomic mass is 16.5. The minimum Gasteiger partial charge on any atom is -0.457 e. The first-order valence-corrected chi connectivity index (χ1v) is 11.4. The van der Waals surface area contributed by atoms with Crippen LogP contribution in [-0.2, 0) is 17.8 Å². The minimum absolute atomic E-state index is 0.331. The van der Waals surface area contributed by atoms with Gasteiger partial charge >= 0.3 is 0 Å². The number of amides is 1. The van der Waals surface area contributed by atoms with Crippen molar-refractivity contribution in [3.8, 4) is 11.5 Å². The minimum atomic E-state index is 0.331. The van der Waals surface area contributed by atoms with Crippen molar-refractivity contribution in [3.63, 3.8) is 0 Å². The topological polar surface area (TPSA) is 129 Å². The summed E-state index contributed by atoms with van der Waals surface area (Å²) in [6.07, 6.45) is 8.13. The van der Waals surface area contributed by atoms with E-state index in [9.17, 15) is 4.79 Å². The van der Waals surface area contributed by atoms with Crippen LogP contribution in [0.15, 0.2) is 79.5 Å². The van der Waals surface area contributed by atoms with Crippen LogP contribution in [0.2, 0.25) is 0 Å². The molecule has 1 heterocycles. The normalized spacial score (nSPS) is 11.0. The molecule has 0 aliphatic carbocycles. The van der Waals surface area contributed by atoms with Crippen molar-refractivity contribution in [3.05, 3.63) is 90.6 Å². The van der Waals surface area contributed by atoms with Gasteiger partial charge in [0.1, 0.15) is 17.3 Å². The molecule has 0 bridgehead atoms. The Morgan fingerprint density at radius 2 is 1.74 bits per heavy atom. The van der Waals surface area contributed by atoms with Crippen LogP contribution in [0.25, 0.3) is 0 Å². The number of unbranched alkanes of at least 4 members (excludes halogenated alkanes) is 1. The molecule has 3 aromatic rings. The standard InChI is InChI=1S/C15H24N4O.C12H11NO/c1-2-3-4-5-12(10-18-11-20)8-14-13(9-16)6-7-19-15(14)17;13-10-6-8-12(9-7-10)14-11-4-2-1-3-5-11/h2,6-7,11-12H,1,3-5,8-10,16H2,(H2,17,19)(H,18,20);1-9H,13H2/t12-;/m0./s1. The molecule has 34 heavy (non-hydrogen) atoms. The van der Waals surface area contributed by atoms with E-state index < -0.39 is 0 Å². The fraction of sp³-hybridized carbons (Fsp3) is 0.259. The van der Waals surface area contributed by atoms with E-state index >= 15 is 0 Å². The summed E-state index contributed by atoms with van der Waals surface area (Å²) in [6, 6.07) is 18.9. The van der Waals surface area contributed by atoms with Crippen molar-refractivity contribution in [2.45, 2.75) is 32.2 Å². The Hall–Kier alpha value is -3.84. The molecule has 0 unspecified atom stereocenters. The first-order chi connectivity index (χ1) is 16.6. The third kappa shape index (κ3) is 9.34. The number of ether oxygens (including phenoxy) is 1. The van der Waals surface area contributed by atoms with Gasteiger partial charge in [0.2, 0.25) is 6.41 Å². The predicted molar refractivity (Wildman–Crippen MR) is 139 cm³/mol. The van der Waals surface area contributed by atoms with Gasteiger partial charge in [-0.1, -0.05) is 24.3 Å². The lowest BCUT2D eigenvalue weighted by atomic mass is 9.92. The van der Waals surface area contributed by atoms with Gasteiger partial charge in [-0.15, -0.1) is 6.58 Å². The lowest BCUT2D eigenvalue weighted by Gasteiger charge is -2.19. The number of nitrogens with zero attached hydrogens (tertiary/aromatic N) is 1. The summed E-state index contributed by atoms with van der Waals surface area (Å²) in [7, 11) is 0. The Kier molecular flexibility index (Phi) is 11.7. The Balaban J connectivity index is 0.000000254. The van der Waals surface area contributed by atoms with E-state index in [1.165, 1.54) is 0 Å². The zero-order valence-corrected chi connectivity index (χ0v) is 19.5. The van der Waals surface area contributed by atoms with Crippen LogP contribution in [0, 0.1) is 5.92 Å². The van der Waals surface area contributed by atoms with Gasteiger partial charge in [0.05, 0.1) is 0 Å². The lowest BCUT2D eigenvalue weighted by molar-refractivity contribution is -0.109. The van der Waals surface area contributed by atoms with Crippen molar-refractivity contribution in [1.29, 1.82) is 0 Å². The third-order valence-corrected chi connectivity index (χ3v) is 5.27. The van der Waals surface area contributed by atoms with Crippen LogP contribution in [0.3, 0.4) is 0 Å². The second-order valence-electron chi connectivity index (χ2n) is 7.84. The predicted octanol–water partition coefficient (Wildman–Crippen LogP) is 4.44. The van der Waals surface area contributed by atoms with Crippen molar-refractivity contribution in [1.82, 2.24) is 10.3 Å². The number of carbonyl (C=O) groups is 1. The van der Waals surface area contributed by atoms with Crippen LogP contribution >= 0.6 is 0 Å². The fourth-order valence-electron chi connectivity index (χ4n) is 3.47. The molecular formula is C27H35N5O2. The molecule has 1 amide bonds. The van der Waals surface area contributed by atoms with E-state index in [-0.39, 0.29) is 0 Å². The van der Waals surface area contributed by atoms with E-state index in [0.29, 0.717) is 24.8 Å². The molecule has 7 N–H and O–H groups in total. The molecule has 7 nitrogen and oxygen atoms in total. The van der Waals surface area contributed by atoms with Crippen LogP contribution in [-0.4, -0.2) is 17.9 Å². The average molecular weight is 462 g/mol. The van der Waals surface area contributed by atoms with Gasteiger partial charge in [0, 0.05) is 25.0 Å². The molecule has 0 aliphatic heterocycles. The summed E-state index contributed by atoms with van der Waals surface area (Å²) in [6.45, 7) is 4.81. The number of rotatable bonds is 12. The highest BCUT2D eigenvalue weighted by Gasteiger charge is 2.14. The number of hydrogen-bond acceptors (Lipinski definition) is 6. The quantitative estimate of drug-likeness (QED) is 0.137. The molecule has 7 heteroatoms. The van der Waals surface area contributed by atoms with E-state index in [1.54, 1.807) is 6.20 Å². The number of allylic oxidation sites excluding steroid dienone is 1. The Morgan fingerprint density at radius 1 is 1.03 bits per heavy atom. The molecule has 2 aromatic carbocycles. The number of anilines is 2. The van der Waals surface area contributed by atoms with Gasteiger partial charge < -0.3 is 27.3 Å². The summed E-state index contributed by atoms with van der Waals surface area (Å²) in [5.74, 6) is 2.49. The van der Waals surface area contributed by atoms with Crippen LogP contribution in [0.5, 0.6) is 11.5 Å². The molecule has 0 aliphatic rings. The van der Waals surface area contributed by atoms with Crippen molar-refractivity contribution in [2.75, 3.05) is 18.0 Å². The second-order valence-corrected chi connectivity index (χ2v) is 7.84. The molecular weight excluding hydrogens is 426 g/mol. The highest BCUT2D eigenvalue weighted by molar-refractivity contribution is 5.47. The number of nitrogens with one attached hydrogen (secondary N) is 1. The summed E-state index contributed by atoms with van der Waals surface area (Å²) in [5, 5.41) is 2.75. The average Bonchev–Trinajstić information content (AvgIpc) is 2.86. The molecule has 3 rings (SSSR count). The highest BCUT2D eigenvalue weighted by Crippen LogP contribution is 2.22. The number of carbonyl (C=O) groups excluding carboxylic acids is 1. The summed E-state index contributed by atoms with van der Waals surface area (Å²) >= 11 is 0. The number of nitrogens with two attached hydrogens (primary N) is 3. The summed E-state index contributed by atoms with van der Waals surface area (Å²) in [5.41, 5.74) is 20.0. The van der Waals surface area contributed by atoms with E-state index in [2.05, 4.69) is 16.9 Å². The van der Waals surface area contributed by atoms with Crippen molar-refractivity contribution in [2.24, 2.45) is 11.7 Å². The smallest absolute Gasteiger partial charge is 0.207 e. The van der Waals surface area contributed by atoms with Gasteiger partial charge in [-0.05, 0) is 85.2 Å². The van der Waals surface area contributed by atoms with Crippen molar-refractivity contribution >= 4 is 17.9 Å². The maximum atomic E-state index is 10.5. The van der Waals surface area contributed by atoms with Gasteiger partial charge in [0.15, 0.2) is 0 Å². The van der Waals surface area contributed by atoms with E-state index in [4.69, 9.17) is 21.9 Å². The monoisotopic (exact) mass is 461 g/mol. The van der Waals surface area contributed by atoms with E-state index in [0.717, 1.165) is 60.4 Å². The molecule has 0 spiro atoms. The maximum absolute atomic E-state index is 10.5. The Bertz CT molecular complexity index is 994. The van der Waals surface area contributed by atoms with Crippen molar-refractivity contribution < 1.29 is 9.53 Å². The lowest BCUT2D eigenvalue weighted by Crippen LogP contribution is -2.24. The summed E-state index contributed by atoms with van der Waals surface area (Å²) < 4.78 is 5.58. The largest absolute Gasteiger partial charge is 0.457 e. The number of pyridine rings is 1. The van der Waals surface area contributed by atoms with Gasteiger partial charge in [-0.25, -0.2) is 4.98 Å². The van der Waals surface area contributed by atoms with Crippen LogP contribution in [0.4, 0.5) is 11.5 Å². The van der Waals surface area contributed by atoms with E-state index in [1.807, 2.05) is 66.7 Å². The number of hydrogen-bond donors (Lipinski definition) is 4. The molecule has 0 radical (unpaired) electrons. The van der Waals surface area contributed by atoms with Gasteiger partial charge in [-0.2, -0.15) is 0 Å². The Labute approximate surface area is 202 Å². The van der Waals surface area contributed by atoms with Crippen LogP contribution < -0.4 is 27.3 Å².